The maximum Gasteiger partial charge on any atom is 0.325 e. The Labute approximate surface area is 183 Å². The van der Waals surface area contributed by atoms with E-state index in [1.807, 2.05) is 19.1 Å². The van der Waals surface area contributed by atoms with E-state index in [2.05, 4.69) is 10.6 Å². The minimum absolute atomic E-state index is 0.342. The Bertz CT molecular complexity index is 1090. The third kappa shape index (κ3) is 3.69. The number of amides is 5. The van der Waals surface area contributed by atoms with E-state index in [4.69, 9.17) is 5.73 Å². The number of aryl methyl sites for hydroxylation is 2. The third-order valence-corrected chi connectivity index (χ3v) is 7.08. The van der Waals surface area contributed by atoms with E-state index in [1.54, 1.807) is 19.1 Å². The fourth-order valence-corrected chi connectivity index (χ4v) is 5.46. The molecule has 9 heteroatoms. The van der Waals surface area contributed by atoms with Gasteiger partial charge in [0, 0.05) is 4.88 Å². The Kier molecular flexibility index (Phi) is 5.30. The zero-order valence-electron chi connectivity index (χ0n) is 17.4. The lowest BCUT2D eigenvalue weighted by Crippen LogP contribution is -2.42. The highest BCUT2D eigenvalue weighted by Gasteiger charge is 2.49. The smallest absolute Gasteiger partial charge is 0.325 e. The molecule has 1 atom stereocenters. The van der Waals surface area contributed by atoms with Crippen molar-refractivity contribution in [2.45, 2.75) is 45.1 Å². The lowest BCUT2D eigenvalue weighted by Gasteiger charge is -2.22. The molecule has 1 aromatic heterocycles. The van der Waals surface area contributed by atoms with Crippen molar-refractivity contribution >= 4 is 40.1 Å². The molecule has 2 aliphatic rings. The van der Waals surface area contributed by atoms with Gasteiger partial charge in [0.05, 0.1) is 5.56 Å². The molecule has 31 heavy (non-hydrogen) atoms. The molecule has 2 heterocycles. The Morgan fingerprint density at radius 2 is 1.87 bits per heavy atom. The number of thiophene rings is 1. The van der Waals surface area contributed by atoms with E-state index < -0.39 is 35.8 Å². The number of carbonyl (C=O) groups excluding carboxylic acids is 4. The summed E-state index contributed by atoms with van der Waals surface area (Å²) in [4.78, 5) is 52.2. The SMILES string of the molecule is Cc1ccc(C2(C)NC(=O)N(CC(=O)Nc3sc4c(c3C(N)=O)CCCC4)C2=O)cc1. The summed E-state index contributed by atoms with van der Waals surface area (Å²) in [6, 6.07) is 6.65. The topological polar surface area (TPSA) is 122 Å². The minimum Gasteiger partial charge on any atom is -0.365 e. The number of nitrogens with zero attached hydrogens (tertiary/aromatic N) is 1. The molecule has 1 saturated heterocycles. The van der Waals surface area contributed by atoms with Gasteiger partial charge >= 0.3 is 6.03 Å². The summed E-state index contributed by atoms with van der Waals surface area (Å²) >= 11 is 1.34. The highest BCUT2D eigenvalue weighted by Crippen LogP contribution is 2.38. The lowest BCUT2D eigenvalue weighted by atomic mass is 9.91. The van der Waals surface area contributed by atoms with Crippen molar-refractivity contribution in [3.63, 3.8) is 0 Å². The van der Waals surface area contributed by atoms with Crippen LogP contribution in [0.3, 0.4) is 0 Å². The largest absolute Gasteiger partial charge is 0.365 e. The van der Waals surface area contributed by atoms with Gasteiger partial charge in [-0.3, -0.25) is 19.3 Å². The average molecular weight is 441 g/mol. The van der Waals surface area contributed by atoms with Crippen LogP contribution in [0.25, 0.3) is 0 Å². The molecule has 5 amide bonds. The molecule has 0 bridgehead atoms. The van der Waals surface area contributed by atoms with Crippen LogP contribution < -0.4 is 16.4 Å². The second-order valence-electron chi connectivity index (χ2n) is 8.14. The first-order valence-electron chi connectivity index (χ1n) is 10.2. The number of primary amides is 1. The van der Waals surface area contributed by atoms with Gasteiger partial charge in [0.2, 0.25) is 5.91 Å². The summed E-state index contributed by atoms with van der Waals surface area (Å²) in [7, 11) is 0. The number of fused-ring (bicyclic) bond motifs is 1. The van der Waals surface area contributed by atoms with Gasteiger partial charge in [-0.25, -0.2) is 4.79 Å². The number of rotatable bonds is 5. The number of nitrogens with two attached hydrogens (primary N) is 1. The Hall–Kier alpha value is -3.20. The fraction of sp³-hybridized carbons (Fsp3) is 0.364. The van der Waals surface area contributed by atoms with Crippen LogP contribution in [0.2, 0.25) is 0 Å². The van der Waals surface area contributed by atoms with Crippen LogP contribution in [0.5, 0.6) is 0 Å². The molecular weight excluding hydrogens is 416 g/mol. The lowest BCUT2D eigenvalue weighted by molar-refractivity contribution is -0.133. The quantitative estimate of drug-likeness (QED) is 0.618. The van der Waals surface area contributed by atoms with Crippen LogP contribution in [0.15, 0.2) is 24.3 Å². The first-order valence-corrected chi connectivity index (χ1v) is 11.0. The monoisotopic (exact) mass is 440 g/mol. The standard InChI is InChI=1S/C22H24N4O4S/c1-12-7-9-13(10-8-12)22(2)20(29)26(21(30)25-22)11-16(27)24-19-17(18(23)28)14-5-3-4-6-15(14)31-19/h7-10H,3-6,11H2,1-2H3,(H2,23,28)(H,24,27)(H,25,30). The second kappa shape index (κ2) is 7.81. The molecule has 8 nitrogen and oxygen atoms in total. The van der Waals surface area contributed by atoms with Crippen LogP contribution >= 0.6 is 11.3 Å². The van der Waals surface area contributed by atoms with Crippen molar-refractivity contribution in [1.82, 2.24) is 10.2 Å². The zero-order valence-corrected chi connectivity index (χ0v) is 18.2. The fourth-order valence-electron chi connectivity index (χ4n) is 4.15. The molecule has 0 saturated carbocycles. The number of imide groups is 1. The number of anilines is 1. The molecule has 4 rings (SSSR count). The van der Waals surface area contributed by atoms with Gasteiger partial charge in [-0.1, -0.05) is 29.8 Å². The van der Waals surface area contributed by atoms with E-state index in [0.717, 1.165) is 46.6 Å². The molecule has 1 unspecified atom stereocenters. The van der Waals surface area contributed by atoms with Crippen molar-refractivity contribution in [3.05, 3.63) is 51.4 Å². The number of nitrogens with one attached hydrogen (secondary N) is 2. The number of urea groups is 1. The molecule has 2 aromatic rings. The van der Waals surface area contributed by atoms with Gasteiger partial charge in [0.1, 0.15) is 17.1 Å². The van der Waals surface area contributed by atoms with Gasteiger partial charge in [0.15, 0.2) is 0 Å². The molecule has 1 aromatic carbocycles. The summed E-state index contributed by atoms with van der Waals surface area (Å²) in [6.07, 6.45) is 3.59. The van der Waals surface area contributed by atoms with Crippen molar-refractivity contribution < 1.29 is 19.2 Å². The normalized spacial score (nSPS) is 20.4. The van der Waals surface area contributed by atoms with Crippen LogP contribution in [-0.2, 0) is 28.0 Å². The summed E-state index contributed by atoms with van der Waals surface area (Å²) in [6.45, 7) is 3.10. The summed E-state index contributed by atoms with van der Waals surface area (Å²) in [5.41, 5.74) is 7.24. The minimum atomic E-state index is -1.24. The average Bonchev–Trinajstić information content (AvgIpc) is 3.18. The first-order chi connectivity index (χ1) is 14.7. The molecule has 0 spiro atoms. The highest BCUT2D eigenvalue weighted by atomic mass is 32.1. The van der Waals surface area contributed by atoms with E-state index in [1.165, 1.54) is 11.3 Å². The van der Waals surface area contributed by atoms with Crippen LogP contribution in [0.1, 0.15) is 51.7 Å². The van der Waals surface area contributed by atoms with Crippen molar-refractivity contribution in [2.24, 2.45) is 5.73 Å². The molecule has 4 N–H and O–H groups in total. The van der Waals surface area contributed by atoms with Crippen LogP contribution in [0, 0.1) is 6.92 Å². The summed E-state index contributed by atoms with van der Waals surface area (Å²) < 4.78 is 0. The van der Waals surface area contributed by atoms with Crippen LogP contribution in [0.4, 0.5) is 9.80 Å². The number of benzene rings is 1. The summed E-state index contributed by atoms with van der Waals surface area (Å²) in [5, 5.41) is 5.77. The van der Waals surface area contributed by atoms with Crippen molar-refractivity contribution in [2.75, 3.05) is 11.9 Å². The second-order valence-corrected chi connectivity index (χ2v) is 9.25. The maximum absolute atomic E-state index is 13.0. The van der Waals surface area contributed by atoms with Crippen LogP contribution in [-0.4, -0.2) is 35.2 Å². The van der Waals surface area contributed by atoms with E-state index >= 15 is 0 Å². The molecule has 0 radical (unpaired) electrons. The molecule has 1 aliphatic heterocycles. The Morgan fingerprint density at radius 3 is 2.55 bits per heavy atom. The maximum atomic E-state index is 13.0. The van der Waals surface area contributed by atoms with E-state index in [-0.39, 0.29) is 0 Å². The number of hydrogen-bond acceptors (Lipinski definition) is 5. The Morgan fingerprint density at radius 1 is 1.19 bits per heavy atom. The van der Waals surface area contributed by atoms with E-state index in [0.29, 0.717) is 16.1 Å². The predicted octanol–water partition coefficient (Wildman–Crippen LogP) is 2.44. The highest BCUT2D eigenvalue weighted by molar-refractivity contribution is 7.17. The molecule has 1 aliphatic carbocycles. The van der Waals surface area contributed by atoms with Gasteiger partial charge < -0.3 is 16.4 Å². The molecular formula is C22H24N4O4S. The van der Waals surface area contributed by atoms with Gasteiger partial charge in [-0.05, 0) is 50.7 Å². The molecule has 1 fully saturated rings. The van der Waals surface area contributed by atoms with Gasteiger partial charge in [0.25, 0.3) is 11.8 Å². The van der Waals surface area contributed by atoms with Crippen molar-refractivity contribution in [3.8, 4) is 0 Å². The zero-order chi connectivity index (χ0) is 22.3. The Balaban J connectivity index is 1.52. The third-order valence-electron chi connectivity index (χ3n) is 5.88. The van der Waals surface area contributed by atoms with E-state index in [9.17, 15) is 19.2 Å². The number of carbonyl (C=O) groups is 4. The van der Waals surface area contributed by atoms with Gasteiger partial charge in [-0.2, -0.15) is 0 Å². The van der Waals surface area contributed by atoms with Gasteiger partial charge in [-0.15, -0.1) is 11.3 Å². The first kappa shape index (κ1) is 21.0. The number of hydrogen-bond donors (Lipinski definition) is 3. The molecule has 162 valence electrons. The summed E-state index contributed by atoms with van der Waals surface area (Å²) in [5.74, 6) is -1.65. The predicted molar refractivity (Wildman–Crippen MR) is 117 cm³/mol. The van der Waals surface area contributed by atoms with Crippen molar-refractivity contribution in [1.29, 1.82) is 0 Å².